The Morgan fingerprint density at radius 3 is 2.74 bits per heavy atom. The molecule has 19 heavy (non-hydrogen) atoms. The molecular formula is C13H23N3O3. The number of amides is 1. The minimum atomic E-state index is -1.01. The fraction of sp³-hybridized carbons (Fsp3) is 0.846. The molecule has 1 amide bonds. The lowest BCUT2D eigenvalue weighted by molar-refractivity contribution is -0.155. The number of carboxylic acids is 1. The van der Waals surface area contributed by atoms with Gasteiger partial charge in [-0.05, 0) is 39.3 Å². The Morgan fingerprint density at radius 2 is 2.00 bits per heavy atom. The van der Waals surface area contributed by atoms with Crippen molar-refractivity contribution in [3.05, 3.63) is 0 Å². The summed E-state index contributed by atoms with van der Waals surface area (Å²) < 4.78 is 0. The number of nitrogens with zero attached hydrogens (tertiary/aromatic N) is 2. The van der Waals surface area contributed by atoms with Crippen LogP contribution in [0.5, 0.6) is 0 Å². The van der Waals surface area contributed by atoms with Crippen molar-refractivity contribution >= 4 is 11.9 Å². The third kappa shape index (κ3) is 3.06. The van der Waals surface area contributed by atoms with Crippen LogP contribution >= 0.6 is 0 Å². The summed E-state index contributed by atoms with van der Waals surface area (Å²) in [5.41, 5.74) is -1.01. The lowest BCUT2D eigenvalue weighted by Crippen LogP contribution is -2.53. The predicted molar refractivity (Wildman–Crippen MR) is 70.9 cm³/mol. The van der Waals surface area contributed by atoms with Crippen molar-refractivity contribution in [3.8, 4) is 0 Å². The van der Waals surface area contributed by atoms with E-state index in [0.717, 1.165) is 39.0 Å². The maximum absolute atomic E-state index is 12.3. The topological polar surface area (TPSA) is 72.9 Å². The van der Waals surface area contributed by atoms with Gasteiger partial charge in [0.2, 0.25) is 5.91 Å². The van der Waals surface area contributed by atoms with Crippen molar-refractivity contribution in [1.29, 1.82) is 0 Å². The minimum absolute atomic E-state index is 0.0516. The molecule has 6 nitrogen and oxygen atoms in total. The lowest BCUT2D eigenvalue weighted by Gasteiger charge is -2.33. The number of aliphatic carboxylic acids is 1. The summed E-state index contributed by atoms with van der Waals surface area (Å²) >= 11 is 0. The quantitative estimate of drug-likeness (QED) is 0.739. The van der Waals surface area contributed by atoms with Gasteiger partial charge in [-0.3, -0.25) is 9.69 Å². The molecule has 0 spiro atoms. The standard InChI is InChI=1S/C13H23N3O3/c1-13(12(18)19)4-2-8-16(13)11(17)10-15-7-3-5-14-6-9-15/h14H,2-10H2,1H3,(H,18,19). The molecule has 2 fully saturated rings. The first-order chi connectivity index (χ1) is 9.04. The third-order valence-electron chi connectivity index (χ3n) is 4.19. The number of hydrogen-bond donors (Lipinski definition) is 2. The second-order valence-electron chi connectivity index (χ2n) is 5.61. The van der Waals surface area contributed by atoms with Crippen LogP contribution in [0.3, 0.4) is 0 Å². The fourth-order valence-corrected chi connectivity index (χ4v) is 2.92. The second kappa shape index (κ2) is 5.88. The molecule has 1 unspecified atom stereocenters. The lowest BCUT2D eigenvalue weighted by atomic mass is 9.99. The zero-order valence-corrected chi connectivity index (χ0v) is 11.5. The Balaban J connectivity index is 1.97. The van der Waals surface area contributed by atoms with E-state index in [0.29, 0.717) is 19.5 Å². The highest BCUT2D eigenvalue weighted by Crippen LogP contribution is 2.29. The van der Waals surface area contributed by atoms with Gasteiger partial charge >= 0.3 is 5.97 Å². The fourth-order valence-electron chi connectivity index (χ4n) is 2.92. The van der Waals surface area contributed by atoms with Crippen molar-refractivity contribution in [2.45, 2.75) is 31.7 Å². The number of carboxylic acid groups (broad SMARTS) is 1. The smallest absolute Gasteiger partial charge is 0.329 e. The van der Waals surface area contributed by atoms with Crippen molar-refractivity contribution in [3.63, 3.8) is 0 Å². The Morgan fingerprint density at radius 1 is 1.21 bits per heavy atom. The minimum Gasteiger partial charge on any atom is -0.480 e. The second-order valence-corrected chi connectivity index (χ2v) is 5.61. The van der Waals surface area contributed by atoms with E-state index >= 15 is 0 Å². The Kier molecular flexibility index (Phi) is 4.42. The summed E-state index contributed by atoms with van der Waals surface area (Å²) in [6.45, 7) is 6.19. The van der Waals surface area contributed by atoms with Gasteiger partial charge in [0.25, 0.3) is 0 Å². The Bertz CT molecular complexity index is 353. The van der Waals surface area contributed by atoms with E-state index < -0.39 is 11.5 Å². The molecule has 0 bridgehead atoms. The normalized spacial score (nSPS) is 29.2. The average molecular weight is 269 g/mol. The summed E-state index contributed by atoms with van der Waals surface area (Å²) in [7, 11) is 0. The van der Waals surface area contributed by atoms with Gasteiger partial charge in [0.1, 0.15) is 5.54 Å². The van der Waals surface area contributed by atoms with Gasteiger partial charge in [-0.1, -0.05) is 0 Å². The van der Waals surface area contributed by atoms with Crippen LogP contribution in [0.4, 0.5) is 0 Å². The molecular weight excluding hydrogens is 246 g/mol. The van der Waals surface area contributed by atoms with E-state index in [4.69, 9.17) is 0 Å². The Hall–Kier alpha value is -1.14. The third-order valence-corrected chi connectivity index (χ3v) is 4.19. The van der Waals surface area contributed by atoms with E-state index in [-0.39, 0.29) is 5.91 Å². The first-order valence-electron chi connectivity index (χ1n) is 7.01. The van der Waals surface area contributed by atoms with E-state index in [2.05, 4.69) is 10.2 Å². The first-order valence-corrected chi connectivity index (χ1v) is 7.01. The predicted octanol–water partition coefficient (Wildman–Crippen LogP) is -0.253. The molecule has 0 saturated carbocycles. The molecule has 1 atom stereocenters. The maximum Gasteiger partial charge on any atom is 0.329 e. The van der Waals surface area contributed by atoms with Crippen LogP contribution in [0.15, 0.2) is 0 Å². The van der Waals surface area contributed by atoms with Gasteiger partial charge in [-0.15, -0.1) is 0 Å². The molecule has 6 heteroatoms. The highest BCUT2D eigenvalue weighted by Gasteiger charge is 2.45. The maximum atomic E-state index is 12.3. The molecule has 0 aromatic rings. The Labute approximate surface area is 113 Å². The molecule has 0 radical (unpaired) electrons. The van der Waals surface area contributed by atoms with Crippen LogP contribution < -0.4 is 5.32 Å². The van der Waals surface area contributed by atoms with Gasteiger partial charge in [-0.2, -0.15) is 0 Å². The van der Waals surface area contributed by atoms with Gasteiger partial charge in [0, 0.05) is 19.6 Å². The van der Waals surface area contributed by atoms with E-state index in [9.17, 15) is 14.7 Å². The van der Waals surface area contributed by atoms with Gasteiger partial charge < -0.3 is 15.3 Å². The highest BCUT2D eigenvalue weighted by atomic mass is 16.4. The van der Waals surface area contributed by atoms with Crippen LogP contribution in [-0.4, -0.2) is 71.6 Å². The van der Waals surface area contributed by atoms with E-state index in [1.54, 1.807) is 11.8 Å². The van der Waals surface area contributed by atoms with Crippen LogP contribution in [0.25, 0.3) is 0 Å². The SMILES string of the molecule is CC1(C(=O)O)CCCN1C(=O)CN1CCCNCC1. The number of carbonyl (C=O) groups is 2. The summed E-state index contributed by atoms with van der Waals surface area (Å²) in [5, 5.41) is 12.6. The molecule has 2 aliphatic rings. The average Bonchev–Trinajstić information content (AvgIpc) is 2.59. The molecule has 0 aromatic heterocycles. The molecule has 2 saturated heterocycles. The van der Waals surface area contributed by atoms with Gasteiger partial charge in [-0.25, -0.2) is 4.79 Å². The first kappa shape index (κ1) is 14.3. The molecule has 2 rings (SSSR count). The van der Waals surface area contributed by atoms with Crippen molar-refractivity contribution in [2.75, 3.05) is 39.3 Å². The van der Waals surface area contributed by atoms with Crippen LogP contribution in [0.1, 0.15) is 26.2 Å². The largest absolute Gasteiger partial charge is 0.480 e. The van der Waals surface area contributed by atoms with E-state index in [1.807, 2.05) is 0 Å². The molecule has 0 aliphatic carbocycles. The number of rotatable bonds is 3. The summed E-state index contributed by atoms with van der Waals surface area (Å²) in [4.78, 5) is 27.4. The zero-order chi connectivity index (χ0) is 13.9. The van der Waals surface area contributed by atoms with Crippen LogP contribution in [0, 0.1) is 0 Å². The molecule has 2 heterocycles. The van der Waals surface area contributed by atoms with Crippen LogP contribution in [-0.2, 0) is 9.59 Å². The highest BCUT2D eigenvalue weighted by molar-refractivity contribution is 5.88. The molecule has 2 N–H and O–H groups in total. The number of likely N-dealkylation sites (tertiary alicyclic amines) is 1. The van der Waals surface area contributed by atoms with Crippen molar-refractivity contribution < 1.29 is 14.7 Å². The van der Waals surface area contributed by atoms with E-state index in [1.165, 1.54) is 0 Å². The molecule has 0 aromatic carbocycles. The number of nitrogens with one attached hydrogen (secondary N) is 1. The summed E-state index contributed by atoms with van der Waals surface area (Å²) in [6, 6.07) is 0. The van der Waals surface area contributed by atoms with Crippen LogP contribution in [0.2, 0.25) is 0 Å². The zero-order valence-electron chi connectivity index (χ0n) is 11.5. The number of carbonyl (C=O) groups excluding carboxylic acids is 1. The van der Waals surface area contributed by atoms with Crippen molar-refractivity contribution in [2.24, 2.45) is 0 Å². The van der Waals surface area contributed by atoms with Gasteiger partial charge in [0.15, 0.2) is 0 Å². The molecule has 108 valence electrons. The molecule has 2 aliphatic heterocycles. The summed E-state index contributed by atoms with van der Waals surface area (Å²) in [6.07, 6.45) is 2.36. The van der Waals surface area contributed by atoms with Gasteiger partial charge in [0.05, 0.1) is 6.54 Å². The summed E-state index contributed by atoms with van der Waals surface area (Å²) in [5.74, 6) is -0.944. The van der Waals surface area contributed by atoms with Crippen molar-refractivity contribution in [1.82, 2.24) is 15.1 Å². The monoisotopic (exact) mass is 269 g/mol. The number of hydrogen-bond acceptors (Lipinski definition) is 4.